The zero-order valence-corrected chi connectivity index (χ0v) is 14.5. The highest BCUT2D eigenvalue weighted by Gasteiger charge is 2.23. The molecule has 1 aliphatic heterocycles. The van der Waals surface area contributed by atoms with Crippen molar-refractivity contribution in [2.75, 3.05) is 6.61 Å². The molecule has 0 spiro atoms. The van der Waals surface area contributed by atoms with E-state index in [0.29, 0.717) is 18.6 Å². The van der Waals surface area contributed by atoms with Gasteiger partial charge in [0.2, 0.25) is 5.91 Å². The summed E-state index contributed by atoms with van der Waals surface area (Å²) in [5.41, 5.74) is 7.78. The van der Waals surface area contributed by atoms with Crippen molar-refractivity contribution >= 4 is 23.5 Å². The van der Waals surface area contributed by atoms with Crippen LogP contribution < -0.4 is 10.5 Å². The molecule has 2 aromatic carbocycles. The largest absolute Gasteiger partial charge is 0.494 e. The fourth-order valence-corrected chi connectivity index (χ4v) is 3.78. The first-order valence-corrected chi connectivity index (χ1v) is 8.71. The number of hydrogen-bond acceptors (Lipinski definition) is 4. The lowest BCUT2D eigenvalue weighted by Crippen LogP contribution is -2.19. The van der Waals surface area contributed by atoms with Crippen LogP contribution in [0.3, 0.4) is 0 Å². The molecule has 1 atom stereocenters. The van der Waals surface area contributed by atoms with E-state index in [4.69, 9.17) is 10.5 Å². The molecule has 5 heteroatoms. The first-order chi connectivity index (χ1) is 11.5. The fraction of sp³-hybridized carbons (Fsp3) is 0.263. The molecule has 3 rings (SSSR count). The molecule has 24 heavy (non-hydrogen) atoms. The van der Waals surface area contributed by atoms with Gasteiger partial charge in [0.1, 0.15) is 5.75 Å². The van der Waals surface area contributed by atoms with Gasteiger partial charge in [0, 0.05) is 21.8 Å². The van der Waals surface area contributed by atoms with Crippen LogP contribution in [0.1, 0.15) is 41.3 Å². The number of hydrogen-bond donors (Lipinski definition) is 1. The van der Waals surface area contributed by atoms with Gasteiger partial charge in [-0.3, -0.25) is 9.59 Å². The zero-order chi connectivity index (χ0) is 17.3. The average molecular weight is 341 g/mol. The summed E-state index contributed by atoms with van der Waals surface area (Å²) in [5.74, 6) is 0.0127. The summed E-state index contributed by atoms with van der Waals surface area (Å²) >= 11 is 1.57. The van der Waals surface area contributed by atoms with Crippen molar-refractivity contribution in [1.82, 2.24) is 0 Å². The molecule has 0 radical (unpaired) electrons. The monoisotopic (exact) mass is 341 g/mol. The SMILES string of the molecule is CCOc1ccc2c(c1)CC(=O)c1cc(C(C)C(N)=O)ccc1S2. The zero-order valence-electron chi connectivity index (χ0n) is 13.7. The minimum atomic E-state index is -0.414. The maximum atomic E-state index is 12.7. The molecule has 0 saturated carbocycles. The van der Waals surface area contributed by atoms with E-state index in [2.05, 4.69) is 0 Å². The third kappa shape index (κ3) is 3.17. The van der Waals surface area contributed by atoms with Crippen LogP contribution >= 0.6 is 11.8 Å². The lowest BCUT2D eigenvalue weighted by Gasteiger charge is -2.11. The number of ether oxygens (including phenoxy) is 1. The highest BCUT2D eigenvalue weighted by atomic mass is 32.2. The summed E-state index contributed by atoms with van der Waals surface area (Å²) in [6.45, 7) is 4.28. The van der Waals surface area contributed by atoms with Gasteiger partial charge in [-0.05, 0) is 55.3 Å². The lowest BCUT2D eigenvalue weighted by molar-refractivity contribution is -0.119. The third-order valence-electron chi connectivity index (χ3n) is 4.14. The van der Waals surface area contributed by atoms with E-state index < -0.39 is 11.8 Å². The number of ketones is 1. The maximum Gasteiger partial charge on any atom is 0.224 e. The summed E-state index contributed by atoms with van der Waals surface area (Å²) in [5, 5.41) is 0. The van der Waals surface area contributed by atoms with Gasteiger partial charge in [0.25, 0.3) is 0 Å². The molecule has 0 bridgehead atoms. The van der Waals surface area contributed by atoms with Crippen molar-refractivity contribution in [2.45, 2.75) is 36.0 Å². The molecule has 2 N–H and O–H groups in total. The lowest BCUT2D eigenvalue weighted by atomic mass is 9.95. The summed E-state index contributed by atoms with van der Waals surface area (Å²) in [6.07, 6.45) is 0.324. The smallest absolute Gasteiger partial charge is 0.224 e. The number of nitrogens with two attached hydrogens (primary N) is 1. The van der Waals surface area contributed by atoms with Crippen molar-refractivity contribution in [3.63, 3.8) is 0 Å². The number of carbonyl (C=O) groups is 2. The molecule has 0 aliphatic carbocycles. The Morgan fingerprint density at radius 2 is 2.00 bits per heavy atom. The Morgan fingerprint density at radius 3 is 2.71 bits per heavy atom. The predicted molar refractivity (Wildman–Crippen MR) is 93.8 cm³/mol. The second-order valence-electron chi connectivity index (χ2n) is 5.78. The third-order valence-corrected chi connectivity index (χ3v) is 5.34. The minimum absolute atomic E-state index is 0.0448. The predicted octanol–water partition coefficient (Wildman–Crippen LogP) is 3.56. The standard InChI is InChI=1S/C19H19NO3S/c1-3-23-14-5-7-17-13(8-14)10-16(21)15-9-12(11(2)19(20)22)4-6-18(15)24-17/h4-9,11H,3,10H2,1-2H3,(H2,20,22). The van der Waals surface area contributed by atoms with E-state index in [9.17, 15) is 9.59 Å². The van der Waals surface area contributed by atoms with Gasteiger partial charge < -0.3 is 10.5 Å². The van der Waals surface area contributed by atoms with Crippen molar-refractivity contribution in [3.05, 3.63) is 53.1 Å². The van der Waals surface area contributed by atoms with Gasteiger partial charge in [-0.1, -0.05) is 17.8 Å². The van der Waals surface area contributed by atoms with Crippen LogP contribution in [0.4, 0.5) is 0 Å². The molecular weight excluding hydrogens is 322 g/mol. The first kappa shape index (κ1) is 16.6. The number of fused-ring (bicyclic) bond motifs is 2. The second kappa shape index (κ2) is 6.69. The summed E-state index contributed by atoms with van der Waals surface area (Å²) in [4.78, 5) is 26.1. The van der Waals surface area contributed by atoms with E-state index in [-0.39, 0.29) is 5.78 Å². The quantitative estimate of drug-likeness (QED) is 0.923. The van der Waals surface area contributed by atoms with Crippen LogP contribution in [0.25, 0.3) is 0 Å². The topological polar surface area (TPSA) is 69.4 Å². The highest BCUT2D eigenvalue weighted by Crippen LogP contribution is 2.39. The number of carbonyl (C=O) groups excluding carboxylic acids is 2. The molecule has 1 unspecified atom stereocenters. The number of benzene rings is 2. The van der Waals surface area contributed by atoms with E-state index in [1.807, 2.05) is 37.3 Å². The molecule has 2 aromatic rings. The van der Waals surface area contributed by atoms with Crippen LogP contribution in [0.5, 0.6) is 5.75 Å². The normalized spacial score (nSPS) is 14.3. The van der Waals surface area contributed by atoms with Crippen LogP contribution in [0, 0.1) is 0 Å². The molecule has 1 aliphatic rings. The molecule has 124 valence electrons. The van der Waals surface area contributed by atoms with Crippen LogP contribution in [0.15, 0.2) is 46.2 Å². The van der Waals surface area contributed by atoms with E-state index >= 15 is 0 Å². The average Bonchev–Trinajstić information content (AvgIpc) is 2.69. The van der Waals surface area contributed by atoms with Crippen LogP contribution in [0.2, 0.25) is 0 Å². The molecule has 1 heterocycles. The van der Waals surface area contributed by atoms with Gasteiger partial charge in [0.15, 0.2) is 5.78 Å². The fourth-order valence-electron chi connectivity index (χ4n) is 2.72. The molecule has 0 aromatic heterocycles. The molecular formula is C19H19NO3S. The van der Waals surface area contributed by atoms with E-state index in [1.54, 1.807) is 24.8 Å². The highest BCUT2D eigenvalue weighted by molar-refractivity contribution is 7.99. The van der Waals surface area contributed by atoms with Crippen molar-refractivity contribution in [2.24, 2.45) is 5.73 Å². The van der Waals surface area contributed by atoms with E-state index in [0.717, 1.165) is 26.7 Å². The van der Waals surface area contributed by atoms with Crippen LogP contribution in [-0.2, 0) is 11.2 Å². The Morgan fingerprint density at radius 1 is 1.25 bits per heavy atom. The minimum Gasteiger partial charge on any atom is -0.494 e. The summed E-state index contributed by atoms with van der Waals surface area (Å²) < 4.78 is 5.53. The number of Topliss-reactive ketones (excluding diaryl/α,β-unsaturated/α-hetero) is 1. The van der Waals surface area contributed by atoms with E-state index in [1.165, 1.54) is 0 Å². The Hall–Kier alpha value is -2.27. The molecule has 1 amide bonds. The molecule has 0 fully saturated rings. The van der Waals surface area contributed by atoms with Crippen LogP contribution in [-0.4, -0.2) is 18.3 Å². The van der Waals surface area contributed by atoms with Gasteiger partial charge >= 0.3 is 0 Å². The van der Waals surface area contributed by atoms with Gasteiger partial charge in [0.05, 0.1) is 12.5 Å². The summed E-state index contributed by atoms with van der Waals surface area (Å²) in [6, 6.07) is 11.4. The Labute approximate surface area is 145 Å². The Balaban J connectivity index is 1.99. The van der Waals surface area contributed by atoms with Gasteiger partial charge in [-0.25, -0.2) is 0 Å². The Kier molecular flexibility index (Phi) is 4.62. The molecule has 0 saturated heterocycles. The van der Waals surface area contributed by atoms with Gasteiger partial charge in [-0.2, -0.15) is 0 Å². The first-order valence-electron chi connectivity index (χ1n) is 7.89. The van der Waals surface area contributed by atoms with Crippen molar-refractivity contribution in [3.8, 4) is 5.75 Å². The maximum absolute atomic E-state index is 12.7. The number of primary amides is 1. The second-order valence-corrected chi connectivity index (χ2v) is 6.87. The van der Waals surface area contributed by atoms with Gasteiger partial charge in [-0.15, -0.1) is 0 Å². The van der Waals surface area contributed by atoms with Crippen molar-refractivity contribution in [1.29, 1.82) is 0 Å². The summed E-state index contributed by atoms with van der Waals surface area (Å²) in [7, 11) is 0. The number of amides is 1. The van der Waals surface area contributed by atoms with Crippen molar-refractivity contribution < 1.29 is 14.3 Å². The Bertz CT molecular complexity index is 816. The number of rotatable bonds is 4. The molecule has 4 nitrogen and oxygen atoms in total.